The SMILES string of the molecule is COC(=O)C12CC3CC(CC(C3)C1(C(=O)OC)C(=O)OC)C2. The number of hydrogen-bond donors (Lipinski definition) is 0. The van der Waals surface area contributed by atoms with E-state index in [0.29, 0.717) is 24.7 Å². The van der Waals surface area contributed by atoms with Crippen LogP contribution in [0, 0.1) is 28.6 Å². The second-order valence-corrected chi connectivity index (χ2v) is 6.91. The lowest BCUT2D eigenvalue weighted by atomic mass is 9.38. The van der Waals surface area contributed by atoms with E-state index < -0.39 is 28.7 Å². The average molecular weight is 310 g/mol. The predicted molar refractivity (Wildman–Crippen MR) is 74.5 cm³/mol. The lowest BCUT2D eigenvalue weighted by Gasteiger charge is -2.62. The lowest BCUT2D eigenvalue weighted by Crippen LogP contribution is -2.69. The van der Waals surface area contributed by atoms with Gasteiger partial charge in [0.25, 0.3) is 0 Å². The molecule has 0 radical (unpaired) electrons. The van der Waals surface area contributed by atoms with Crippen molar-refractivity contribution >= 4 is 17.9 Å². The monoisotopic (exact) mass is 310 g/mol. The highest BCUT2D eigenvalue weighted by Crippen LogP contribution is 2.69. The van der Waals surface area contributed by atoms with E-state index >= 15 is 0 Å². The van der Waals surface area contributed by atoms with Crippen LogP contribution in [0.4, 0.5) is 0 Å². The summed E-state index contributed by atoms with van der Waals surface area (Å²) in [4.78, 5) is 38.1. The molecule has 4 aliphatic rings. The predicted octanol–water partition coefficient (Wildman–Crippen LogP) is 1.32. The van der Waals surface area contributed by atoms with Gasteiger partial charge >= 0.3 is 17.9 Å². The van der Waals surface area contributed by atoms with Crippen molar-refractivity contribution in [3.05, 3.63) is 0 Å². The molecule has 122 valence electrons. The molecule has 0 aromatic carbocycles. The molecule has 4 aliphatic carbocycles. The molecule has 4 bridgehead atoms. The van der Waals surface area contributed by atoms with Crippen molar-refractivity contribution in [2.75, 3.05) is 21.3 Å². The molecule has 4 fully saturated rings. The van der Waals surface area contributed by atoms with Gasteiger partial charge in [-0.2, -0.15) is 0 Å². The topological polar surface area (TPSA) is 78.9 Å². The Kier molecular flexibility index (Phi) is 3.45. The van der Waals surface area contributed by atoms with Gasteiger partial charge in [-0.15, -0.1) is 0 Å². The summed E-state index contributed by atoms with van der Waals surface area (Å²) in [6.07, 6.45) is 3.58. The molecule has 0 aromatic heterocycles. The third kappa shape index (κ3) is 1.58. The van der Waals surface area contributed by atoms with E-state index in [9.17, 15) is 14.4 Å². The summed E-state index contributed by atoms with van der Waals surface area (Å²) < 4.78 is 15.0. The molecule has 0 saturated heterocycles. The van der Waals surface area contributed by atoms with Crippen LogP contribution in [0.3, 0.4) is 0 Å². The second kappa shape index (κ2) is 4.96. The van der Waals surface area contributed by atoms with Crippen molar-refractivity contribution in [2.24, 2.45) is 28.6 Å². The minimum Gasteiger partial charge on any atom is -0.469 e. The van der Waals surface area contributed by atoms with Crippen LogP contribution < -0.4 is 0 Å². The minimum atomic E-state index is -1.56. The van der Waals surface area contributed by atoms with Crippen molar-refractivity contribution in [1.29, 1.82) is 0 Å². The normalized spacial score (nSPS) is 37.5. The molecule has 0 heterocycles. The van der Waals surface area contributed by atoms with Gasteiger partial charge in [0, 0.05) is 0 Å². The van der Waals surface area contributed by atoms with Gasteiger partial charge < -0.3 is 14.2 Å². The number of rotatable bonds is 3. The summed E-state index contributed by atoms with van der Waals surface area (Å²) >= 11 is 0. The molecular formula is C16H22O6. The number of hydrogen-bond acceptors (Lipinski definition) is 6. The summed E-state index contributed by atoms with van der Waals surface area (Å²) in [6.45, 7) is 0. The highest BCUT2D eigenvalue weighted by Gasteiger charge is 2.77. The van der Waals surface area contributed by atoms with Crippen LogP contribution in [0.25, 0.3) is 0 Å². The van der Waals surface area contributed by atoms with Crippen LogP contribution in [0.2, 0.25) is 0 Å². The van der Waals surface area contributed by atoms with Gasteiger partial charge in [-0.25, -0.2) is 0 Å². The zero-order valence-electron chi connectivity index (χ0n) is 13.2. The maximum Gasteiger partial charge on any atom is 0.324 e. The van der Waals surface area contributed by atoms with Gasteiger partial charge in [-0.05, 0) is 49.9 Å². The van der Waals surface area contributed by atoms with Crippen molar-refractivity contribution < 1.29 is 28.6 Å². The van der Waals surface area contributed by atoms with E-state index in [1.54, 1.807) is 0 Å². The van der Waals surface area contributed by atoms with Crippen LogP contribution in [-0.4, -0.2) is 39.2 Å². The first kappa shape index (κ1) is 15.3. The summed E-state index contributed by atoms with van der Waals surface area (Å²) in [5.41, 5.74) is -2.70. The van der Waals surface area contributed by atoms with Gasteiger partial charge in [0.15, 0.2) is 5.41 Å². The fourth-order valence-corrected chi connectivity index (χ4v) is 5.69. The van der Waals surface area contributed by atoms with Gasteiger partial charge in [-0.3, -0.25) is 14.4 Å². The first-order valence-electron chi connectivity index (χ1n) is 7.71. The molecular weight excluding hydrogens is 288 g/mol. The maximum absolute atomic E-state index is 12.7. The Labute approximate surface area is 129 Å². The zero-order chi connectivity index (χ0) is 16.1. The largest absolute Gasteiger partial charge is 0.469 e. The Morgan fingerprint density at radius 2 is 1.23 bits per heavy atom. The molecule has 6 nitrogen and oxygen atoms in total. The molecule has 0 aliphatic heterocycles. The van der Waals surface area contributed by atoms with Gasteiger partial charge in [0.2, 0.25) is 0 Å². The van der Waals surface area contributed by atoms with Crippen LogP contribution in [0.1, 0.15) is 32.1 Å². The molecule has 0 amide bonds. The molecule has 4 rings (SSSR count). The van der Waals surface area contributed by atoms with Crippen LogP contribution in [-0.2, 0) is 28.6 Å². The molecule has 0 spiro atoms. The Morgan fingerprint density at radius 1 is 0.773 bits per heavy atom. The van der Waals surface area contributed by atoms with E-state index in [0.717, 1.165) is 19.3 Å². The number of ether oxygens (including phenoxy) is 3. The fraction of sp³-hybridized carbons (Fsp3) is 0.812. The van der Waals surface area contributed by atoms with Crippen molar-refractivity contribution in [2.45, 2.75) is 32.1 Å². The molecule has 2 atom stereocenters. The maximum atomic E-state index is 12.7. The highest BCUT2D eigenvalue weighted by atomic mass is 16.6. The van der Waals surface area contributed by atoms with E-state index in [2.05, 4.69) is 0 Å². The fourth-order valence-electron chi connectivity index (χ4n) is 5.69. The van der Waals surface area contributed by atoms with Crippen molar-refractivity contribution in [1.82, 2.24) is 0 Å². The Bertz CT molecular complexity index is 495. The van der Waals surface area contributed by atoms with E-state index in [-0.39, 0.29) is 5.92 Å². The Hall–Kier alpha value is -1.59. The van der Waals surface area contributed by atoms with Crippen molar-refractivity contribution in [3.8, 4) is 0 Å². The average Bonchev–Trinajstić information content (AvgIpc) is 2.52. The highest BCUT2D eigenvalue weighted by molar-refractivity contribution is 6.06. The van der Waals surface area contributed by atoms with Crippen LogP contribution in [0.15, 0.2) is 0 Å². The van der Waals surface area contributed by atoms with E-state index in [1.165, 1.54) is 21.3 Å². The smallest absolute Gasteiger partial charge is 0.324 e. The van der Waals surface area contributed by atoms with Crippen molar-refractivity contribution in [3.63, 3.8) is 0 Å². The number of carbonyl (C=O) groups is 3. The summed E-state index contributed by atoms with van der Waals surface area (Å²) in [5, 5.41) is 0. The van der Waals surface area contributed by atoms with E-state index in [1.807, 2.05) is 0 Å². The molecule has 22 heavy (non-hydrogen) atoms. The number of carbonyl (C=O) groups excluding carboxylic acids is 3. The second-order valence-electron chi connectivity index (χ2n) is 6.91. The van der Waals surface area contributed by atoms with E-state index in [4.69, 9.17) is 14.2 Å². The van der Waals surface area contributed by atoms with Gasteiger partial charge in [0.1, 0.15) is 0 Å². The molecule has 0 N–H and O–H groups in total. The number of methoxy groups -OCH3 is 3. The van der Waals surface area contributed by atoms with Gasteiger partial charge in [0.05, 0.1) is 26.7 Å². The molecule has 4 saturated carbocycles. The van der Waals surface area contributed by atoms with Gasteiger partial charge in [-0.1, -0.05) is 0 Å². The molecule has 6 heteroatoms. The standard InChI is InChI=1S/C16H22O6/c1-20-12(17)15-7-9-4-10(8-15)6-11(5-9)16(15,13(18)21-2)14(19)22-3/h9-11H,4-8H2,1-3H3. The summed E-state index contributed by atoms with van der Waals surface area (Å²) in [6, 6.07) is 0. The zero-order valence-corrected chi connectivity index (χ0v) is 13.2. The first-order valence-corrected chi connectivity index (χ1v) is 7.71. The number of esters is 3. The quantitative estimate of drug-likeness (QED) is 0.444. The molecule has 2 unspecified atom stereocenters. The third-order valence-electron chi connectivity index (χ3n) is 6.13. The summed E-state index contributed by atoms with van der Waals surface area (Å²) in [7, 11) is 3.81. The first-order chi connectivity index (χ1) is 10.5. The van der Waals surface area contributed by atoms with Crippen LogP contribution >= 0.6 is 0 Å². The summed E-state index contributed by atoms with van der Waals surface area (Å²) in [5.74, 6) is -1.29. The third-order valence-corrected chi connectivity index (χ3v) is 6.13. The Balaban J connectivity index is 2.22. The lowest BCUT2D eigenvalue weighted by molar-refractivity contribution is -0.227. The Morgan fingerprint density at radius 3 is 1.64 bits per heavy atom. The molecule has 0 aromatic rings. The minimum absolute atomic E-state index is 0.210. The van der Waals surface area contributed by atoms with Crippen LogP contribution in [0.5, 0.6) is 0 Å².